The lowest BCUT2D eigenvalue weighted by Gasteiger charge is -2.29. The molecule has 1 heterocycles. The van der Waals surface area contributed by atoms with Gasteiger partial charge in [0.1, 0.15) is 0 Å². The van der Waals surface area contributed by atoms with Gasteiger partial charge in [0.15, 0.2) is 0 Å². The first-order valence-corrected chi connectivity index (χ1v) is 6.61. The molecule has 0 bridgehead atoms. The largest absolute Gasteiger partial charge is 0.481 e. The summed E-state index contributed by atoms with van der Waals surface area (Å²) >= 11 is 0. The van der Waals surface area contributed by atoms with Crippen molar-refractivity contribution in [3.63, 3.8) is 0 Å². The molecule has 0 spiro atoms. The molecule has 2 aromatic rings. The number of carboxylic acid groups (broad SMARTS) is 1. The minimum Gasteiger partial charge on any atom is -0.481 e. The molecule has 0 aliphatic carbocycles. The van der Waals surface area contributed by atoms with Crippen LogP contribution in [0.25, 0.3) is 10.9 Å². The maximum atomic E-state index is 11.0. The molecule has 1 aromatic carbocycles. The van der Waals surface area contributed by atoms with Gasteiger partial charge in [-0.2, -0.15) is 0 Å². The number of nitrogens with zero attached hydrogens (tertiary/aromatic N) is 1. The third-order valence-electron chi connectivity index (χ3n) is 3.84. The first-order valence-electron chi connectivity index (χ1n) is 6.61. The van der Waals surface area contributed by atoms with Crippen LogP contribution in [0.2, 0.25) is 0 Å². The number of hydrogen-bond donors (Lipinski definition) is 1. The predicted octanol–water partition coefficient (Wildman–Crippen LogP) is 3.88. The van der Waals surface area contributed by atoms with Crippen LogP contribution >= 0.6 is 0 Å². The monoisotopic (exact) mass is 259 g/mol. The Morgan fingerprint density at radius 1 is 1.32 bits per heavy atom. The van der Waals surface area contributed by atoms with Crippen molar-refractivity contribution in [3.05, 3.63) is 36.0 Å². The first-order chi connectivity index (χ1) is 8.80. The molecule has 0 saturated heterocycles. The van der Waals surface area contributed by atoms with Crippen LogP contribution in [0.15, 0.2) is 30.5 Å². The van der Waals surface area contributed by atoms with E-state index in [1.54, 1.807) is 0 Å². The van der Waals surface area contributed by atoms with Crippen molar-refractivity contribution in [2.24, 2.45) is 5.41 Å². The van der Waals surface area contributed by atoms with Gasteiger partial charge in [0.2, 0.25) is 0 Å². The lowest BCUT2D eigenvalue weighted by Crippen LogP contribution is -2.20. The van der Waals surface area contributed by atoms with E-state index in [1.807, 2.05) is 24.4 Å². The van der Waals surface area contributed by atoms with E-state index in [9.17, 15) is 4.79 Å². The van der Waals surface area contributed by atoms with E-state index in [2.05, 4.69) is 38.3 Å². The normalized spacial score (nSPS) is 13.7. The summed E-state index contributed by atoms with van der Waals surface area (Å²) in [6.45, 7) is 8.77. The van der Waals surface area contributed by atoms with Crippen LogP contribution in [-0.2, 0) is 11.2 Å². The minimum atomic E-state index is -0.786. The molecule has 1 N–H and O–H groups in total. The Hall–Kier alpha value is -1.77. The lowest BCUT2D eigenvalue weighted by molar-refractivity contribution is -0.136. The summed E-state index contributed by atoms with van der Waals surface area (Å²) < 4.78 is 2.20. The smallest absolute Gasteiger partial charge is 0.307 e. The Balaban J connectivity index is 2.59. The fraction of sp³-hybridized carbons (Fsp3) is 0.438. The van der Waals surface area contributed by atoms with Crippen LogP contribution in [0.5, 0.6) is 0 Å². The molecule has 0 aliphatic rings. The summed E-state index contributed by atoms with van der Waals surface area (Å²) in [5.41, 5.74) is 2.13. The van der Waals surface area contributed by atoms with Gasteiger partial charge in [-0.1, -0.05) is 39.0 Å². The Morgan fingerprint density at radius 3 is 2.53 bits per heavy atom. The number of hydrogen-bond acceptors (Lipinski definition) is 1. The van der Waals surface area contributed by atoms with Crippen molar-refractivity contribution in [2.75, 3.05) is 0 Å². The molecule has 0 aliphatic heterocycles. The summed E-state index contributed by atoms with van der Waals surface area (Å²) in [5.74, 6) is -0.786. The summed E-state index contributed by atoms with van der Waals surface area (Å²) in [4.78, 5) is 11.0. The molecule has 0 radical (unpaired) electrons. The number of benzene rings is 1. The second kappa shape index (κ2) is 4.72. The Bertz CT molecular complexity index is 605. The number of rotatable bonds is 3. The maximum absolute atomic E-state index is 11.0. The third kappa shape index (κ3) is 2.65. The van der Waals surface area contributed by atoms with Gasteiger partial charge in [0.05, 0.1) is 6.42 Å². The molecule has 102 valence electrons. The highest BCUT2D eigenvalue weighted by molar-refractivity contribution is 5.87. The van der Waals surface area contributed by atoms with Crippen LogP contribution in [-0.4, -0.2) is 15.6 Å². The summed E-state index contributed by atoms with van der Waals surface area (Å²) in [5, 5.41) is 10.1. The van der Waals surface area contributed by atoms with E-state index >= 15 is 0 Å². The van der Waals surface area contributed by atoms with Gasteiger partial charge in [-0.15, -0.1) is 0 Å². The number of aromatic nitrogens is 1. The van der Waals surface area contributed by atoms with Gasteiger partial charge in [-0.3, -0.25) is 4.79 Å². The van der Waals surface area contributed by atoms with E-state index in [0.29, 0.717) is 6.04 Å². The highest BCUT2D eigenvalue weighted by Crippen LogP contribution is 2.34. The van der Waals surface area contributed by atoms with Gasteiger partial charge >= 0.3 is 5.97 Å². The summed E-state index contributed by atoms with van der Waals surface area (Å²) in [6, 6.07) is 8.32. The minimum absolute atomic E-state index is 0.0738. The fourth-order valence-corrected chi connectivity index (χ4v) is 2.32. The number of carboxylic acids is 1. The molecular weight excluding hydrogens is 238 g/mol. The van der Waals surface area contributed by atoms with Crippen LogP contribution < -0.4 is 0 Å². The van der Waals surface area contributed by atoms with Gasteiger partial charge in [-0.05, 0) is 24.0 Å². The van der Waals surface area contributed by atoms with Crippen molar-refractivity contribution in [1.29, 1.82) is 0 Å². The number of carbonyl (C=O) groups is 1. The van der Waals surface area contributed by atoms with Crippen LogP contribution in [0.3, 0.4) is 0 Å². The van der Waals surface area contributed by atoms with E-state index in [1.165, 1.54) is 0 Å². The Labute approximate surface area is 113 Å². The number of fused-ring (bicyclic) bond motifs is 1. The molecule has 3 nitrogen and oxygen atoms in total. The molecule has 0 saturated carbocycles. The number of para-hydroxylation sites is 1. The van der Waals surface area contributed by atoms with Crippen molar-refractivity contribution in [3.8, 4) is 0 Å². The van der Waals surface area contributed by atoms with Crippen LogP contribution in [0, 0.1) is 5.41 Å². The standard InChI is InChI=1S/C16H21NO2/c1-11(16(2,3)4)17-10-12(9-15(18)19)13-7-5-6-8-14(13)17/h5-8,10-11H,9H2,1-4H3,(H,18,19). The van der Waals surface area contributed by atoms with E-state index < -0.39 is 5.97 Å². The zero-order valence-corrected chi connectivity index (χ0v) is 12.0. The van der Waals surface area contributed by atoms with Gasteiger partial charge in [-0.25, -0.2) is 0 Å². The second-order valence-electron chi connectivity index (χ2n) is 6.19. The molecule has 19 heavy (non-hydrogen) atoms. The number of aliphatic carboxylic acids is 1. The van der Waals surface area contributed by atoms with Crippen LogP contribution in [0.4, 0.5) is 0 Å². The molecule has 0 fully saturated rings. The SMILES string of the molecule is CC(n1cc(CC(=O)O)c2ccccc21)C(C)(C)C. The third-order valence-corrected chi connectivity index (χ3v) is 3.84. The molecule has 1 atom stereocenters. The molecular formula is C16H21NO2. The van der Waals surface area contributed by atoms with Crippen molar-refractivity contribution >= 4 is 16.9 Å². The molecule has 0 amide bonds. The Kier molecular flexibility index (Phi) is 3.40. The van der Waals surface area contributed by atoms with Gasteiger partial charge in [0.25, 0.3) is 0 Å². The highest BCUT2D eigenvalue weighted by Gasteiger charge is 2.24. The van der Waals surface area contributed by atoms with Gasteiger partial charge in [0, 0.05) is 23.1 Å². The molecule has 1 aromatic heterocycles. The molecule has 2 rings (SSSR count). The highest BCUT2D eigenvalue weighted by atomic mass is 16.4. The first kappa shape index (κ1) is 13.7. The van der Waals surface area contributed by atoms with Crippen LogP contribution in [0.1, 0.15) is 39.3 Å². The summed E-state index contributed by atoms with van der Waals surface area (Å²) in [7, 11) is 0. The zero-order chi connectivity index (χ0) is 14.2. The average Bonchev–Trinajstić information content (AvgIpc) is 2.65. The second-order valence-corrected chi connectivity index (χ2v) is 6.19. The van der Waals surface area contributed by atoms with Gasteiger partial charge < -0.3 is 9.67 Å². The van der Waals surface area contributed by atoms with Crippen molar-refractivity contribution < 1.29 is 9.90 Å². The van der Waals surface area contributed by atoms with E-state index in [0.717, 1.165) is 16.5 Å². The predicted molar refractivity (Wildman–Crippen MR) is 77.4 cm³/mol. The summed E-state index contributed by atoms with van der Waals surface area (Å²) in [6.07, 6.45) is 2.07. The zero-order valence-electron chi connectivity index (χ0n) is 12.0. The maximum Gasteiger partial charge on any atom is 0.307 e. The van der Waals surface area contributed by atoms with E-state index in [4.69, 9.17) is 5.11 Å². The Morgan fingerprint density at radius 2 is 1.95 bits per heavy atom. The average molecular weight is 259 g/mol. The van der Waals surface area contributed by atoms with E-state index in [-0.39, 0.29) is 11.8 Å². The quantitative estimate of drug-likeness (QED) is 0.909. The lowest BCUT2D eigenvalue weighted by atomic mass is 9.88. The fourth-order valence-electron chi connectivity index (χ4n) is 2.32. The molecule has 1 unspecified atom stereocenters. The van der Waals surface area contributed by atoms with Crippen molar-refractivity contribution in [2.45, 2.75) is 40.2 Å². The van der Waals surface area contributed by atoms with Crippen molar-refractivity contribution in [1.82, 2.24) is 4.57 Å². The topological polar surface area (TPSA) is 42.2 Å². The molecule has 3 heteroatoms.